The molecule has 2 aromatic carbocycles. The number of hydrogen-bond acceptors (Lipinski definition) is 7. The summed E-state index contributed by atoms with van der Waals surface area (Å²) in [4.78, 5) is 29.1. The minimum Gasteiger partial charge on any atom is -0.300 e. The third kappa shape index (κ3) is 7.56. The Morgan fingerprint density at radius 2 is 1.33 bits per heavy atom. The molecule has 36 heavy (non-hydrogen) atoms. The fourth-order valence-corrected chi connectivity index (χ4v) is 5.48. The Balaban J connectivity index is 1.32. The summed E-state index contributed by atoms with van der Waals surface area (Å²) in [6.45, 7) is 7.26. The second-order valence-corrected chi connectivity index (χ2v) is 10.1. The standard InChI is InChI=1S/C27H37N5O4/c33-31(34)26-11-5-7-23(19-26)21-29-15-13-28(14-16-29)17-18-30(25-9-3-1-2-4-10-25)22-24-8-6-12-27(20-24)32(35)36/h5-8,11-12,19-20,25H,1-4,9-10,13-18,21-22H2. The molecule has 2 fully saturated rings. The monoisotopic (exact) mass is 495 g/mol. The average molecular weight is 496 g/mol. The number of piperazine rings is 1. The molecule has 0 atom stereocenters. The van der Waals surface area contributed by atoms with Crippen LogP contribution in [-0.4, -0.2) is 69.9 Å². The van der Waals surface area contributed by atoms with E-state index in [4.69, 9.17) is 0 Å². The predicted molar refractivity (Wildman–Crippen MR) is 140 cm³/mol. The molecule has 1 saturated carbocycles. The van der Waals surface area contributed by atoms with E-state index >= 15 is 0 Å². The summed E-state index contributed by atoms with van der Waals surface area (Å²) in [5.74, 6) is 0. The molecule has 1 aliphatic heterocycles. The summed E-state index contributed by atoms with van der Waals surface area (Å²) >= 11 is 0. The largest absolute Gasteiger partial charge is 0.300 e. The number of nitro benzene ring substituents is 2. The maximum absolute atomic E-state index is 11.3. The molecule has 9 nitrogen and oxygen atoms in total. The number of nitro groups is 2. The van der Waals surface area contributed by atoms with Crippen LogP contribution >= 0.6 is 0 Å². The van der Waals surface area contributed by atoms with Crippen LogP contribution in [-0.2, 0) is 13.1 Å². The van der Waals surface area contributed by atoms with Gasteiger partial charge in [0.15, 0.2) is 0 Å². The Labute approximate surface area is 213 Å². The Hall–Kier alpha value is -2.88. The Bertz CT molecular complexity index is 1020. The lowest BCUT2D eigenvalue weighted by Gasteiger charge is -2.37. The minimum absolute atomic E-state index is 0.147. The van der Waals surface area contributed by atoms with Gasteiger partial charge in [-0.15, -0.1) is 0 Å². The third-order valence-electron chi connectivity index (χ3n) is 7.54. The Morgan fingerprint density at radius 1 is 0.778 bits per heavy atom. The first kappa shape index (κ1) is 26.2. The van der Waals surface area contributed by atoms with Crippen LogP contribution < -0.4 is 0 Å². The third-order valence-corrected chi connectivity index (χ3v) is 7.54. The second-order valence-electron chi connectivity index (χ2n) is 10.1. The van der Waals surface area contributed by atoms with Gasteiger partial charge in [-0.25, -0.2) is 0 Å². The van der Waals surface area contributed by atoms with Crippen molar-refractivity contribution >= 4 is 11.4 Å². The van der Waals surface area contributed by atoms with Crippen LogP contribution in [0.15, 0.2) is 48.5 Å². The second kappa shape index (κ2) is 12.9. The molecule has 1 aliphatic carbocycles. The van der Waals surface area contributed by atoms with Gasteiger partial charge in [0.2, 0.25) is 0 Å². The molecule has 9 heteroatoms. The molecule has 0 aromatic heterocycles. The summed E-state index contributed by atoms with van der Waals surface area (Å²) in [7, 11) is 0. The first-order valence-corrected chi connectivity index (χ1v) is 13.1. The van der Waals surface area contributed by atoms with Gasteiger partial charge in [0.1, 0.15) is 0 Å². The zero-order valence-electron chi connectivity index (χ0n) is 21.0. The van der Waals surface area contributed by atoms with Crippen LogP contribution in [0.1, 0.15) is 49.7 Å². The summed E-state index contributed by atoms with van der Waals surface area (Å²) in [6, 6.07) is 14.5. The van der Waals surface area contributed by atoms with E-state index in [9.17, 15) is 20.2 Å². The van der Waals surface area contributed by atoms with Gasteiger partial charge in [-0.3, -0.25) is 34.9 Å². The van der Waals surface area contributed by atoms with E-state index < -0.39 is 0 Å². The highest BCUT2D eigenvalue weighted by Gasteiger charge is 2.23. The van der Waals surface area contributed by atoms with Crippen molar-refractivity contribution in [3.8, 4) is 0 Å². The Morgan fingerprint density at radius 3 is 1.94 bits per heavy atom. The van der Waals surface area contributed by atoms with Crippen LogP contribution in [0.2, 0.25) is 0 Å². The van der Waals surface area contributed by atoms with Crippen LogP contribution in [0.5, 0.6) is 0 Å². The normalized spacial score (nSPS) is 18.2. The van der Waals surface area contributed by atoms with Gasteiger partial charge in [-0.2, -0.15) is 0 Å². The molecule has 0 bridgehead atoms. The number of hydrogen-bond donors (Lipinski definition) is 0. The zero-order valence-corrected chi connectivity index (χ0v) is 21.0. The summed E-state index contributed by atoms with van der Waals surface area (Å²) in [5.41, 5.74) is 2.30. The first-order valence-electron chi connectivity index (χ1n) is 13.1. The highest BCUT2D eigenvalue weighted by Crippen LogP contribution is 2.25. The van der Waals surface area contributed by atoms with Gasteiger partial charge >= 0.3 is 0 Å². The van der Waals surface area contributed by atoms with Crippen LogP contribution in [0, 0.1) is 20.2 Å². The smallest absolute Gasteiger partial charge is 0.269 e. The van der Waals surface area contributed by atoms with Gasteiger partial charge in [-0.1, -0.05) is 49.9 Å². The molecule has 2 aliphatic rings. The number of rotatable bonds is 10. The van der Waals surface area contributed by atoms with Gasteiger partial charge in [-0.05, 0) is 24.0 Å². The molecule has 1 heterocycles. The van der Waals surface area contributed by atoms with Gasteiger partial charge < -0.3 is 0 Å². The van der Waals surface area contributed by atoms with Crippen LogP contribution in [0.25, 0.3) is 0 Å². The van der Waals surface area contributed by atoms with Crippen LogP contribution in [0.3, 0.4) is 0 Å². The summed E-state index contributed by atoms with van der Waals surface area (Å²) in [6.07, 6.45) is 7.51. The van der Waals surface area contributed by atoms with E-state index in [0.29, 0.717) is 6.04 Å². The SMILES string of the molecule is O=[N+]([O-])c1cccc(CN2CCN(CCN(Cc3cccc([N+](=O)[O-])c3)C3CCCCCC3)CC2)c1. The van der Waals surface area contributed by atoms with Crippen molar-refractivity contribution in [2.75, 3.05) is 39.3 Å². The van der Waals surface area contributed by atoms with Crippen molar-refractivity contribution < 1.29 is 9.85 Å². The molecular weight excluding hydrogens is 458 g/mol. The number of benzene rings is 2. The summed E-state index contributed by atoms with van der Waals surface area (Å²) < 4.78 is 0. The topological polar surface area (TPSA) is 96.0 Å². The van der Waals surface area contributed by atoms with E-state index in [2.05, 4.69) is 14.7 Å². The van der Waals surface area contributed by atoms with E-state index in [0.717, 1.165) is 63.5 Å². The lowest BCUT2D eigenvalue weighted by molar-refractivity contribution is -0.385. The zero-order chi connectivity index (χ0) is 25.3. The molecule has 2 aromatic rings. The molecule has 0 amide bonds. The van der Waals surface area contributed by atoms with E-state index in [1.807, 2.05) is 12.1 Å². The summed E-state index contributed by atoms with van der Waals surface area (Å²) in [5, 5.41) is 22.3. The van der Waals surface area contributed by atoms with Crippen molar-refractivity contribution in [2.45, 2.75) is 57.7 Å². The van der Waals surface area contributed by atoms with Gasteiger partial charge in [0.05, 0.1) is 9.85 Å². The minimum atomic E-state index is -0.338. The van der Waals surface area contributed by atoms with Gasteiger partial charge in [0, 0.05) is 82.7 Å². The maximum Gasteiger partial charge on any atom is 0.269 e. The molecule has 0 radical (unpaired) electrons. The number of non-ortho nitro benzene ring substituents is 2. The average Bonchev–Trinajstić information content (AvgIpc) is 3.17. The van der Waals surface area contributed by atoms with Crippen molar-refractivity contribution in [1.82, 2.24) is 14.7 Å². The molecule has 0 spiro atoms. The van der Waals surface area contributed by atoms with Crippen molar-refractivity contribution in [3.63, 3.8) is 0 Å². The van der Waals surface area contributed by atoms with E-state index in [-0.39, 0.29) is 21.2 Å². The van der Waals surface area contributed by atoms with Crippen molar-refractivity contribution in [1.29, 1.82) is 0 Å². The first-order chi connectivity index (χ1) is 17.5. The molecule has 194 valence electrons. The van der Waals surface area contributed by atoms with Gasteiger partial charge in [0.25, 0.3) is 11.4 Å². The fraction of sp³-hybridized carbons (Fsp3) is 0.556. The lowest BCUT2D eigenvalue weighted by Crippen LogP contribution is -2.49. The van der Waals surface area contributed by atoms with Crippen LogP contribution in [0.4, 0.5) is 11.4 Å². The molecular formula is C27H37N5O4. The van der Waals surface area contributed by atoms with Crippen molar-refractivity contribution in [3.05, 3.63) is 79.9 Å². The molecule has 4 rings (SSSR count). The van der Waals surface area contributed by atoms with E-state index in [1.54, 1.807) is 30.3 Å². The fourth-order valence-electron chi connectivity index (χ4n) is 5.48. The molecule has 1 saturated heterocycles. The maximum atomic E-state index is 11.3. The number of nitrogens with zero attached hydrogens (tertiary/aromatic N) is 5. The quantitative estimate of drug-likeness (QED) is 0.264. The predicted octanol–water partition coefficient (Wildman–Crippen LogP) is 4.85. The lowest BCUT2D eigenvalue weighted by atomic mass is 10.1. The highest BCUT2D eigenvalue weighted by molar-refractivity contribution is 5.35. The molecule has 0 N–H and O–H groups in total. The molecule has 0 unspecified atom stereocenters. The van der Waals surface area contributed by atoms with Crippen molar-refractivity contribution in [2.24, 2.45) is 0 Å². The van der Waals surface area contributed by atoms with E-state index in [1.165, 1.54) is 44.6 Å². The Kier molecular flexibility index (Phi) is 9.38. The highest BCUT2D eigenvalue weighted by atomic mass is 16.6.